The maximum Gasteiger partial charge on any atom is 0.146 e. The molecule has 0 amide bonds. The summed E-state index contributed by atoms with van der Waals surface area (Å²) in [4.78, 5) is 2.19. The van der Waals surface area contributed by atoms with Crippen molar-refractivity contribution in [3.63, 3.8) is 0 Å². The van der Waals surface area contributed by atoms with E-state index in [0.717, 1.165) is 31.9 Å². The molecule has 1 N–H and O–H groups in total. The summed E-state index contributed by atoms with van der Waals surface area (Å²) in [7, 11) is 0. The van der Waals surface area contributed by atoms with Crippen molar-refractivity contribution in [3.05, 3.63) is 28.5 Å². The zero-order valence-electron chi connectivity index (χ0n) is 8.69. The molecule has 0 unspecified atom stereocenters. The molecule has 0 saturated carbocycles. The highest BCUT2D eigenvalue weighted by Crippen LogP contribution is 2.27. The van der Waals surface area contributed by atoms with Crippen LogP contribution in [0.15, 0.2) is 12.1 Å². The number of halogens is 2. The SMILES string of the molecule is Cc1c(N2CCNCC2)ccc(Cl)c1F. The second kappa shape index (κ2) is 4.37. The molecule has 1 aromatic carbocycles. The fourth-order valence-corrected chi connectivity index (χ4v) is 2.09. The van der Waals surface area contributed by atoms with Crippen LogP contribution in [0.25, 0.3) is 0 Å². The van der Waals surface area contributed by atoms with Gasteiger partial charge >= 0.3 is 0 Å². The molecule has 1 aliphatic heterocycles. The summed E-state index contributed by atoms with van der Waals surface area (Å²) >= 11 is 5.72. The van der Waals surface area contributed by atoms with Gasteiger partial charge in [0.1, 0.15) is 5.82 Å². The van der Waals surface area contributed by atoms with Gasteiger partial charge in [0, 0.05) is 37.4 Å². The fraction of sp³-hybridized carbons (Fsp3) is 0.455. The molecule has 0 radical (unpaired) electrons. The van der Waals surface area contributed by atoms with Crippen LogP contribution in [0.2, 0.25) is 5.02 Å². The number of hydrogen-bond acceptors (Lipinski definition) is 2. The lowest BCUT2D eigenvalue weighted by Crippen LogP contribution is -2.43. The Balaban J connectivity index is 2.31. The van der Waals surface area contributed by atoms with Gasteiger partial charge in [0.25, 0.3) is 0 Å². The van der Waals surface area contributed by atoms with Crippen molar-refractivity contribution >= 4 is 17.3 Å². The first-order valence-corrected chi connectivity index (χ1v) is 5.48. The van der Waals surface area contributed by atoms with Crippen molar-refractivity contribution in [2.24, 2.45) is 0 Å². The molecule has 1 aromatic rings. The molecule has 82 valence electrons. The van der Waals surface area contributed by atoms with E-state index in [-0.39, 0.29) is 10.8 Å². The summed E-state index contributed by atoms with van der Waals surface area (Å²) in [6.45, 7) is 5.51. The minimum atomic E-state index is -0.298. The van der Waals surface area contributed by atoms with Gasteiger partial charge in [0.15, 0.2) is 0 Å². The molecule has 0 aromatic heterocycles. The van der Waals surface area contributed by atoms with Gasteiger partial charge in [0.05, 0.1) is 5.02 Å². The van der Waals surface area contributed by atoms with Gasteiger partial charge in [-0.05, 0) is 19.1 Å². The first kappa shape index (κ1) is 10.7. The standard InChI is InChI=1S/C11H14ClFN2/c1-8-10(3-2-9(12)11(8)13)15-6-4-14-5-7-15/h2-3,14H,4-7H2,1H3. The van der Waals surface area contributed by atoms with Gasteiger partial charge < -0.3 is 10.2 Å². The quantitative estimate of drug-likeness (QED) is 0.793. The molecule has 1 heterocycles. The van der Waals surface area contributed by atoms with E-state index in [1.807, 2.05) is 6.07 Å². The van der Waals surface area contributed by atoms with Crippen LogP contribution in [0.5, 0.6) is 0 Å². The van der Waals surface area contributed by atoms with Gasteiger partial charge in [-0.1, -0.05) is 11.6 Å². The van der Waals surface area contributed by atoms with E-state index >= 15 is 0 Å². The molecule has 0 aliphatic carbocycles. The number of anilines is 1. The Morgan fingerprint density at radius 1 is 1.33 bits per heavy atom. The summed E-state index contributed by atoms with van der Waals surface area (Å²) in [5.41, 5.74) is 1.60. The summed E-state index contributed by atoms with van der Waals surface area (Å²) < 4.78 is 13.6. The van der Waals surface area contributed by atoms with Crippen LogP contribution < -0.4 is 10.2 Å². The first-order valence-electron chi connectivity index (χ1n) is 5.10. The Hall–Kier alpha value is -0.800. The Morgan fingerprint density at radius 3 is 2.67 bits per heavy atom. The maximum absolute atomic E-state index is 13.6. The van der Waals surface area contributed by atoms with Crippen molar-refractivity contribution < 1.29 is 4.39 Å². The number of piperazine rings is 1. The Bertz CT molecular complexity index is 362. The molecule has 15 heavy (non-hydrogen) atoms. The highest BCUT2D eigenvalue weighted by atomic mass is 35.5. The van der Waals surface area contributed by atoms with Gasteiger partial charge in [0.2, 0.25) is 0 Å². The van der Waals surface area contributed by atoms with Gasteiger partial charge in [-0.3, -0.25) is 0 Å². The summed E-state index contributed by atoms with van der Waals surface area (Å²) in [5.74, 6) is -0.298. The van der Waals surface area contributed by atoms with Crippen LogP contribution >= 0.6 is 11.6 Å². The normalized spacial score (nSPS) is 16.9. The van der Waals surface area contributed by atoms with Crippen molar-refractivity contribution in [2.75, 3.05) is 31.1 Å². The molecule has 1 fully saturated rings. The molecule has 1 aliphatic rings. The number of nitrogens with zero attached hydrogens (tertiary/aromatic N) is 1. The van der Waals surface area contributed by atoms with Crippen LogP contribution in [-0.4, -0.2) is 26.2 Å². The first-order chi connectivity index (χ1) is 7.20. The topological polar surface area (TPSA) is 15.3 Å². The van der Waals surface area contributed by atoms with Crippen LogP contribution in [-0.2, 0) is 0 Å². The molecule has 4 heteroatoms. The van der Waals surface area contributed by atoms with E-state index in [1.165, 1.54) is 0 Å². The highest BCUT2D eigenvalue weighted by molar-refractivity contribution is 6.30. The molecular weight excluding hydrogens is 215 g/mol. The van der Waals surface area contributed by atoms with Crippen LogP contribution in [0.3, 0.4) is 0 Å². The number of rotatable bonds is 1. The minimum absolute atomic E-state index is 0.200. The second-order valence-corrected chi connectivity index (χ2v) is 4.15. The number of hydrogen-bond donors (Lipinski definition) is 1. The summed E-state index contributed by atoms with van der Waals surface area (Å²) in [6.07, 6.45) is 0. The predicted octanol–water partition coefficient (Wildman–Crippen LogP) is 2.20. The third kappa shape index (κ3) is 2.08. The second-order valence-electron chi connectivity index (χ2n) is 3.74. The largest absolute Gasteiger partial charge is 0.369 e. The fourth-order valence-electron chi connectivity index (χ4n) is 1.89. The Morgan fingerprint density at radius 2 is 2.00 bits per heavy atom. The smallest absolute Gasteiger partial charge is 0.146 e. The number of benzene rings is 1. The van der Waals surface area contributed by atoms with E-state index in [0.29, 0.717) is 5.56 Å². The lowest BCUT2D eigenvalue weighted by molar-refractivity contribution is 0.581. The van der Waals surface area contributed by atoms with Crippen molar-refractivity contribution in [1.29, 1.82) is 0 Å². The summed E-state index contributed by atoms with van der Waals surface area (Å²) in [6, 6.07) is 3.52. The zero-order valence-corrected chi connectivity index (χ0v) is 9.44. The van der Waals surface area contributed by atoms with Crippen molar-refractivity contribution in [2.45, 2.75) is 6.92 Å². The van der Waals surface area contributed by atoms with Crippen LogP contribution in [0, 0.1) is 12.7 Å². The lowest BCUT2D eigenvalue weighted by atomic mass is 10.1. The Kier molecular flexibility index (Phi) is 3.12. The molecule has 2 nitrogen and oxygen atoms in total. The van der Waals surface area contributed by atoms with Gasteiger partial charge in [-0.25, -0.2) is 4.39 Å². The minimum Gasteiger partial charge on any atom is -0.369 e. The molecular formula is C11H14ClFN2. The van der Waals surface area contributed by atoms with Gasteiger partial charge in [-0.2, -0.15) is 0 Å². The third-order valence-corrected chi connectivity index (χ3v) is 3.06. The monoisotopic (exact) mass is 228 g/mol. The molecule has 1 saturated heterocycles. The van der Waals surface area contributed by atoms with E-state index in [4.69, 9.17) is 11.6 Å². The van der Waals surface area contributed by atoms with Crippen molar-refractivity contribution in [3.8, 4) is 0 Å². The van der Waals surface area contributed by atoms with Crippen molar-refractivity contribution in [1.82, 2.24) is 5.32 Å². The maximum atomic E-state index is 13.6. The predicted molar refractivity (Wildman–Crippen MR) is 61.2 cm³/mol. The van der Waals surface area contributed by atoms with E-state index < -0.39 is 0 Å². The number of nitrogens with one attached hydrogen (secondary N) is 1. The molecule has 0 spiro atoms. The van der Waals surface area contributed by atoms with E-state index in [2.05, 4.69) is 10.2 Å². The van der Waals surface area contributed by atoms with E-state index in [1.54, 1.807) is 13.0 Å². The molecule has 0 bridgehead atoms. The average molecular weight is 229 g/mol. The lowest BCUT2D eigenvalue weighted by Gasteiger charge is -2.30. The van der Waals surface area contributed by atoms with Gasteiger partial charge in [-0.15, -0.1) is 0 Å². The average Bonchev–Trinajstić information content (AvgIpc) is 2.27. The highest BCUT2D eigenvalue weighted by Gasteiger charge is 2.15. The van der Waals surface area contributed by atoms with E-state index in [9.17, 15) is 4.39 Å². The molecule has 0 atom stereocenters. The third-order valence-electron chi connectivity index (χ3n) is 2.77. The van der Waals surface area contributed by atoms with Crippen LogP contribution in [0.4, 0.5) is 10.1 Å². The van der Waals surface area contributed by atoms with Crippen LogP contribution in [0.1, 0.15) is 5.56 Å². The molecule has 2 rings (SSSR count). The zero-order chi connectivity index (χ0) is 10.8. The summed E-state index contributed by atoms with van der Waals surface area (Å²) in [5, 5.41) is 3.47. The Labute approximate surface area is 94.0 Å².